The van der Waals surface area contributed by atoms with Gasteiger partial charge in [-0.2, -0.15) is 0 Å². The smallest absolute Gasteiger partial charge is 0.220 e. The summed E-state index contributed by atoms with van der Waals surface area (Å²) in [7, 11) is 0. The van der Waals surface area contributed by atoms with Gasteiger partial charge in [0.1, 0.15) is 48.8 Å². The number of ether oxygens (including phenoxy) is 4. The lowest BCUT2D eigenvalue weighted by Crippen LogP contribution is -2.65. The molecule has 0 saturated carbocycles. The van der Waals surface area contributed by atoms with Gasteiger partial charge in [0.25, 0.3) is 0 Å². The molecule has 14 heteroatoms. The number of unbranched alkanes of at least 4 members (excludes halogenated alkanes) is 11. The van der Waals surface area contributed by atoms with Crippen molar-refractivity contribution in [3.63, 3.8) is 0 Å². The first-order chi connectivity index (χ1) is 33.6. The molecule has 0 aliphatic carbocycles. The molecule has 12 unspecified atom stereocenters. The third-order valence-electron chi connectivity index (χ3n) is 12.0. The molecule has 2 rings (SSSR count). The minimum absolute atomic E-state index is 0.262. The van der Waals surface area contributed by atoms with Crippen LogP contribution in [0.3, 0.4) is 0 Å². The van der Waals surface area contributed by atoms with Crippen LogP contribution in [0.15, 0.2) is 97.2 Å². The number of hydrogen-bond donors (Lipinski definition) is 9. The number of aliphatic hydroxyl groups excluding tert-OH is 8. The lowest BCUT2D eigenvalue weighted by Gasteiger charge is -2.46. The Labute approximate surface area is 413 Å². The molecular formula is C55H91NO13. The van der Waals surface area contributed by atoms with Crippen molar-refractivity contribution in [1.29, 1.82) is 0 Å². The van der Waals surface area contributed by atoms with Gasteiger partial charge < -0.3 is 65.1 Å². The molecule has 0 bridgehead atoms. The number of carbonyl (C=O) groups is 1. The Morgan fingerprint density at radius 2 is 1.00 bits per heavy atom. The van der Waals surface area contributed by atoms with Crippen molar-refractivity contribution in [2.45, 2.75) is 222 Å². The summed E-state index contributed by atoms with van der Waals surface area (Å²) in [4.78, 5) is 13.0. The Balaban J connectivity index is 1.60. The second kappa shape index (κ2) is 40.5. The lowest BCUT2D eigenvalue weighted by atomic mass is 9.97. The average Bonchev–Trinajstić information content (AvgIpc) is 3.35. The maximum Gasteiger partial charge on any atom is 0.220 e. The molecule has 2 aliphatic heterocycles. The van der Waals surface area contributed by atoms with Crippen molar-refractivity contribution in [2.24, 2.45) is 0 Å². The van der Waals surface area contributed by atoms with E-state index in [2.05, 4.69) is 104 Å². The fourth-order valence-corrected chi connectivity index (χ4v) is 7.78. The fourth-order valence-electron chi connectivity index (χ4n) is 7.78. The summed E-state index contributed by atoms with van der Waals surface area (Å²) in [6.07, 6.45) is 38.3. The number of nitrogens with one attached hydrogen (secondary N) is 1. The van der Waals surface area contributed by atoms with Crippen LogP contribution in [0.25, 0.3) is 0 Å². The third-order valence-corrected chi connectivity index (χ3v) is 12.0. The zero-order valence-corrected chi connectivity index (χ0v) is 41.8. The van der Waals surface area contributed by atoms with E-state index >= 15 is 0 Å². The zero-order chi connectivity index (χ0) is 50.3. The second-order valence-corrected chi connectivity index (χ2v) is 17.9. The summed E-state index contributed by atoms with van der Waals surface area (Å²) in [6, 6.07) is -0.919. The van der Waals surface area contributed by atoms with Gasteiger partial charge in [-0.1, -0.05) is 169 Å². The van der Waals surface area contributed by atoms with Gasteiger partial charge >= 0.3 is 0 Å². The van der Waals surface area contributed by atoms with Crippen molar-refractivity contribution in [3.05, 3.63) is 97.2 Å². The van der Waals surface area contributed by atoms with E-state index < -0.39 is 86.8 Å². The van der Waals surface area contributed by atoms with Crippen LogP contribution in [0.4, 0.5) is 0 Å². The Bertz CT molecular complexity index is 1520. The SMILES string of the molecule is CC/C=C\C/C=C\C/C=C\C/C=C\C/C=C\C/C=C\C/C=C\CCCCCCCCCCCC(=O)NC(COC1OC(CO)C(OC2OC(CO)C(O)C(O)C2O)C(O)C1O)C(O)/C=C/CCCC. The van der Waals surface area contributed by atoms with Crippen LogP contribution < -0.4 is 5.32 Å². The van der Waals surface area contributed by atoms with Crippen LogP contribution in [0.2, 0.25) is 0 Å². The van der Waals surface area contributed by atoms with Crippen molar-refractivity contribution < 1.29 is 64.6 Å². The van der Waals surface area contributed by atoms with Crippen molar-refractivity contribution >= 4 is 5.91 Å². The molecule has 0 aromatic heterocycles. The molecule has 0 radical (unpaired) electrons. The molecule has 14 nitrogen and oxygen atoms in total. The van der Waals surface area contributed by atoms with Gasteiger partial charge in [0, 0.05) is 6.42 Å². The van der Waals surface area contributed by atoms with Crippen molar-refractivity contribution in [3.8, 4) is 0 Å². The van der Waals surface area contributed by atoms with E-state index in [4.69, 9.17) is 18.9 Å². The normalized spacial score (nSPS) is 27.0. The van der Waals surface area contributed by atoms with Crippen molar-refractivity contribution in [1.82, 2.24) is 5.32 Å². The quantitative estimate of drug-likeness (QED) is 0.0222. The van der Waals surface area contributed by atoms with E-state index in [9.17, 15) is 45.6 Å². The maximum atomic E-state index is 13.0. The second-order valence-electron chi connectivity index (χ2n) is 17.9. The molecule has 1 amide bonds. The molecular weight excluding hydrogens is 883 g/mol. The number of carbonyl (C=O) groups excluding carboxylic acids is 1. The molecule has 0 aromatic carbocycles. The summed E-state index contributed by atoms with van der Waals surface area (Å²) >= 11 is 0. The minimum atomic E-state index is -1.79. The average molecular weight is 974 g/mol. The van der Waals surface area contributed by atoms with E-state index in [1.165, 1.54) is 32.1 Å². The highest BCUT2D eigenvalue weighted by molar-refractivity contribution is 5.76. The largest absolute Gasteiger partial charge is 0.394 e. The van der Waals surface area contributed by atoms with Crippen LogP contribution in [-0.2, 0) is 23.7 Å². The standard InChI is InChI=1S/C55H91NO13/c1-3-5-7-9-10-11-12-13-14-15-16-17-18-19-20-21-22-23-24-25-26-27-28-29-30-31-32-33-34-35-37-39-47(60)56-43(44(59)38-36-8-6-4-2)42-66-54-52(65)50(63)53(46(41-58)68-54)69-55-51(64)49(62)48(61)45(40-57)67-55/h5,7,10-11,13-14,16-17,19-20,22-23,25-26,36,38,43-46,48-55,57-59,61-65H,3-4,6,8-9,12,15,18,21,24,27-35,37,39-42H2,1-2H3,(H,56,60)/b7-5-,11-10-,14-13-,17-16-,20-19-,23-22-,26-25-,38-36+. The first kappa shape index (κ1) is 62.0. The summed E-state index contributed by atoms with van der Waals surface area (Å²) < 4.78 is 22.5. The van der Waals surface area contributed by atoms with Crippen LogP contribution >= 0.6 is 0 Å². The summed E-state index contributed by atoms with van der Waals surface area (Å²) in [5.74, 6) is -0.262. The van der Waals surface area contributed by atoms with E-state index in [-0.39, 0.29) is 18.9 Å². The zero-order valence-electron chi connectivity index (χ0n) is 41.8. The van der Waals surface area contributed by atoms with Gasteiger partial charge in [-0.3, -0.25) is 4.79 Å². The van der Waals surface area contributed by atoms with Gasteiger partial charge in [-0.15, -0.1) is 0 Å². The van der Waals surface area contributed by atoms with Gasteiger partial charge in [0.15, 0.2) is 12.6 Å². The van der Waals surface area contributed by atoms with Crippen LogP contribution in [0.5, 0.6) is 0 Å². The summed E-state index contributed by atoms with van der Waals surface area (Å²) in [5, 5.41) is 86.0. The Morgan fingerprint density at radius 1 is 0.536 bits per heavy atom. The summed E-state index contributed by atoms with van der Waals surface area (Å²) in [5.41, 5.74) is 0. The maximum absolute atomic E-state index is 13.0. The molecule has 2 aliphatic rings. The Morgan fingerprint density at radius 3 is 1.52 bits per heavy atom. The number of hydrogen-bond acceptors (Lipinski definition) is 13. The molecule has 2 heterocycles. The monoisotopic (exact) mass is 974 g/mol. The highest BCUT2D eigenvalue weighted by Crippen LogP contribution is 2.30. The summed E-state index contributed by atoms with van der Waals surface area (Å²) in [6.45, 7) is 2.47. The first-order valence-electron chi connectivity index (χ1n) is 26.0. The van der Waals surface area contributed by atoms with E-state index in [0.717, 1.165) is 89.9 Å². The Kier molecular flexibility index (Phi) is 36.4. The predicted octanol–water partition coefficient (Wildman–Crippen LogP) is 7.15. The van der Waals surface area contributed by atoms with Crippen LogP contribution in [0, 0.1) is 0 Å². The molecule has 69 heavy (non-hydrogen) atoms. The third kappa shape index (κ3) is 27.4. The molecule has 0 aromatic rings. The number of rotatable bonds is 38. The highest BCUT2D eigenvalue weighted by atomic mass is 16.7. The highest BCUT2D eigenvalue weighted by Gasteiger charge is 2.51. The fraction of sp³-hybridized carbons (Fsp3) is 0.691. The Hall–Kier alpha value is -3.09. The molecule has 394 valence electrons. The van der Waals surface area contributed by atoms with E-state index in [0.29, 0.717) is 6.42 Å². The topological polar surface area (TPSA) is 228 Å². The predicted molar refractivity (Wildman–Crippen MR) is 272 cm³/mol. The van der Waals surface area contributed by atoms with Crippen LogP contribution in [-0.4, -0.2) is 140 Å². The number of amides is 1. The van der Waals surface area contributed by atoms with E-state index in [1.54, 1.807) is 6.08 Å². The van der Waals surface area contributed by atoms with Crippen molar-refractivity contribution in [2.75, 3.05) is 19.8 Å². The first-order valence-corrected chi connectivity index (χ1v) is 26.0. The molecule has 9 N–H and O–H groups in total. The minimum Gasteiger partial charge on any atom is -0.394 e. The molecule has 2 fully saturated rings. The molecule has 2 saturated heterocycles. The van der Waals surface area contributed by atoms with E-state index in [1.807, 2.05) is 6.08 Å². The number of aliphatic hydroxyl groups is 8. The van der Waals surface area contributed by atoms with Gasteiger partial charge in [-0.25, -0.2) is 0 Å². The van der Waals surface area contributed by atoms with Crippen LogP contribution in [0.1, 0.15) is 149 Å². The molecule has 0 spiro atoms. The van der Waals surface area contributed by atoms with Gasteiger partial charge in [0.2, 0.25) is 5.91 Å². The molecule has 12 atom stereocenters. The number of allylic oxidation sites excluding steroid dienone is 15. The van der Waals surface area contributed by atoms with Gasteiger partial charge in [-0.05, 0) is 70.6 Å². The lowest BCUT2D eigenvalue weighted by molar-refractivity contribution is -0.359. The van der Waals surface area contributed by atoms with Gasteiger partial charge in [0.05, 0.1) is 32.0 Å².